The van der Waals surface area contributed by atoms with E-state index in [1.54, 1.807) is 31.4 Å². The molecule has 0 aliphatic carbocycles. The topological polar surface area (TPSA) is 84.9 Å². The highest BCUT2D eigenvalue weighted by molar-refractivity contribution is 6.00. The van der Waals surface area contributed by atoms with Crippen LogP contribution in [-0.4, -0.2) is 36.7 Å². The van der Waals surface area contributed by atoms with Gasteiger partial charge in [-0.2, -0.15) is 0 Å². The average Bonchev–Trinajstić information content (AvgIpc) is 2.45. The van der Waals surface area contributed by atoms with Crippen molar-refractivity contribution in [3.63, 3.8) is 0 Å². The normalized spacial score (nSPS) is 14.4. The van der Waals surface area contributed by atoms with Gasteiger partial charge in [0.1, 0.15) is 12.6 Å². The molecular weight excluding hydrogens is 262 g/mol. The summed E-state index contributed by atoms with van der Waals surface area (Å²) in [5.74, 6) is -0.360. The molecule has 0 saturated carbocycles. The van der Waals surface area contributed by atoms with Crippen LogP contribution in [0.4, 0.5) is 0 Å². The number of benzene rings is 1. The molecule has 6 nitrogen and oxygen atoms in total. The van der Waals surface area contributed by atoms with E-state index in [-0.39, 0.29) is 6.61 Å². The van der Waals surface area contributed by atoms with E-state index in [1.165, 1.54) is 6.92 Å². The number of fused-ring (bicyclic) bond motifs is 1. The smallest absolute Gasteiger partial charge is 0.325 e. The fourth-order valence-electron chi connectivity index (χ4n) is 1.82. The van der Waals surface area contributed by atoms with Gasteiger partial charge in [0.05, 0.1) is 12.7 Å². The maximum atomic E-state index is 11.9. The van der Waals surface area contributed by atoms with E-state index in [4.69, 9.17) is 14.6 Å². The van der Waals surface area contributed by atoms with Crippen LogP contribution in [0.5, 0.6) is 11.5 Å². The van der Waals surface area contributed by atoms with Gasteiger partial charge in [0.15, 0.2) is 11.5 Å². The number of para-hydroxylation sites is 1. The molecule has 1 aliphatic heterocycles. The Labute approximate surface area is 116 Å². The second-order valence-electron chi connectivity index (χ2n) is 4.37. The first-order valence-electron chi connectivity index (χ1n) is 6.07. The summed E-state index contributed by atoms with van der Waals surface area (Å²) < 4.78 is 10.7. The first-order chi connectivity index (χ1) is 9.52. The molecule has 6 heteroatoms. The van der Waals surface area contributed by atoms with E-state index in [2.05, 4.69) is 5.32 Å². The number of amides is 1. The van der Waals surface area contributed by atoms with E-state index < -0.39 is 17.9 Å². The zero-order valence-corrected chi connectivity index (χ0v) is 11.2. The number of aliphatic carboxylic acids is 1. The Hall–Kier alpha value is -2.50. The zero-order valence-electron chi connectivity index (χ0n) is 11.2. The van der Waals surface area contributed by atoms with Gasteiger partial charge in [-0.25, -0.2) is 0 Å². The number of methoxy groups -OCH3 is 1. The van der Waals surface area contributed by atoms with Crippen molar-refractivity contribution in [3.8, 4) is 11.5 Å². The van der Waals surface area contributed by atoms with E-state index in [9.17, 15) is 9.59 Å². The van der Waals surface area contributed by atoms with Crippen molar-refractivity contribution in [2.24, 2.45) is 0 Å². The zero-order chi connectivity index (χ0) is 14.7. The molecule has 2 N–H and O–H groups in total. The van der Waals surface area contributed by atoms with Crippen LogP contribution in [0.2, 0.25) is 0 Å². The Morgan fingerprint density at radius 2 is 2.20 bits per heavy atom. The molecule has 1 amide bonds. The molecule has 0 aromatic heterocycles. The summed E-state index contributed by atoms with van der Waals surface area (Å²) in [4.78, 5) is 22.6. The molecule has 0 spiro atoms. The minimum Gasteiger partial charge on any atom is -0.493 e. The van der Waals surface area contributed by atoms with Crippen molar-refractivity contribution in [2.75, 3.05) is 13.7 Å². The average molecular weight is 277 g/mol. The van der Waals surface area contributed by atoms with Gasteiger partial charge in [0.25, 0.3) is 5.91 Å². The summed E-state index contributed by atoms with van der Waals surface area (Å²) in [5, 5.41) is 11.2. The lowest BCUT2D eigenvalue weighted by Gasteiger charge is -2.20. The number of hydrogen-bond donors (Lipinski definition) is 2. The number of nitrogens with one attached hydrogen (secondary N) is 1. The van der Waals surface area contributed by atoms with E-state index in [0.717, 1.165) is 5.56 Å². The lowest BCUT2D eigenvalue weighted by atomic mass is 10.1. The highest BCUT2D eigenvalue weighted by Crippen LogP contribution is 2.35. The molecule has 0 fully saturated rings. The summed E-state index contributed by atoms with van der Waals surface area (Å²) in [6.45, 7) is 1.48. The Morgan fingerprint density at radius 1 is 1.45 bits per heavy atom. The summed E-state index contributed by atoms with van der Waals surface area (Å²) in [5.41, 5.74) is 1.10. The third-order valence-corrected chi connectivity index (χ3v) is 2.94. The van der Waals surface area contributed by atoms with Gasteiger partial charge in [-0.3, -0.25) is 9.59 Å². The van der Waals surface area contributed by atoms with Crippen molar-refractivity contribution >= 4 is 18.0 Å². The SMILES string of the molecule is COc1cccc2c1OCC(C(=O)N[C@H](C)C(=O)O)=C2. The van der Waals surface area contributed by atoms with Crippen LogP contribution in [0.15, 0.2) is 23.8 Å². The fraction of sp³-hybridized carbons (Fsp3) is 0.286. The molecule has 0 bridgehead atoms. The third-order valence-electron chi connectivity index (χ3n) is 2.94. The number of carbonyl (C=O) groups excluding carboxylic acids is 1. The Bertz CT molecular complexity index is 579. The highest BCUT2D eigenvalue weighted by Gasteiger charge is 2.22. The molecular formula is C14H15NO5. The van der Waals surface area contributed by atoms with E-state index in [0.29, 0.717) is 17.1 Å². The minimum absolute atomic E-state index is 0.0749. The third kappa shape index (κ3) is 2.74. The monoisotopic (exact) mass is 277 g/mol. The Kier molecular flexibility index (Phi) is 3.93. The Balaban J connectivity index is 2.21. The molecule has 1 heterocycles. The van der Waals surface area contributed by atoms with Crippen LogP contribution in [0.25, 0.3) is 6.08 Å². The van der Waals surface area contributed by atoms with Crippen LogP contribution in [0.1, 0.15) is 12.5 Å². The van der Waals surface area contributed by atoms with E-state index in [1.807, 2.05) is 0 Å². The molecule has 1 aromatic rings. The Morgan fingerprint density at radius 3 is 2.85 bits per heavy atom. The first-order valence-corrected chi connectivity index (χ1v) is 6.07. The predicted octanol–water partition coefficient (Wildman–Crippen LogP) is 1.06. The summed E-state index contributed by atoms with van der Waals surface area (Å²) in [7, 11) is 1.54. The molecule has 106 valence electrons. The lowest BCUT2D eigenvalue weighted by Crippen LogP contribution is -2.40. The molecule has 0 radical (unpaired) electrons. The lowest BCUT2D eigenvalue weighted by molar-refractivity contribution is -0.140. The molecule has 0 saturated heterocycles. The maximum absolute atomic E-state index is 11.9. The predicted molar refractivity (Wildman–Crippen MR) is 71.7 cm³/mol. The van der Waals surface area contributed by atoms with Gasteiger partial charge < -0.3 is 19.9 Å². The summed E-state index contributed by atoms with van der Waals surface area (Å²) in [6, 6.07) is 4.41. The molecule has 1 aliphatic rings. The molecule has 1 atom stereocenters. The van der Waals surface area contributed by atoms with Gasteiger partial charge in [-0.15, -0.1) is 0 Å². The number of ether oxygens (including phenoxy) is 2. The van der Waals surface area contributed by atoms with Crippen LogP contribution >= 0.6 is 0 Å². The number of hydrogen-bond acceptors (Lipinski definition) is 4. The van der Waals surface area contributed by atoms with Crippen LogP contribution in [0.3, 0.4) is 0 Å². The number of carboxylic acids is 1. The molecule has 1 aromatic carbocycles. The van der Waals surface area contributed by atoms with Crippen LogP contribution in [0, 0.1) is 0 Å². The van der Waals surface area contributed by atoms with Crippen molar-refractivity contribution in [3.05, 3.63) is 29.3 Å². The van der Waals surface area contributed by atoms with Gasteiger partial charge >= 0.3 is 5.97 Å². The first kappa shape index (κ1) is 13.9. The van der Waals surface area contributed by atoms with Gasteiger partial charge in [0, 0.05) is 5.56 Å². The fourth-order valence-corrected chi connectivity index (χ4v) is 1.82. The van der Waals surface area contributed by atoms with Gasteiger partial charge in [-0.1, -0.05) is 12.1 Å². The van der Waals surface area contributed by atoms with Crippen LogP contribution < -0.4 is 14.8 Å². The van der Waals surface area contributed by atoms with Gasteiger partial charge in [0.2, 0.25) is 0 Å². The van der Waals surface area contributed by atoms with Crippen molar-refractivity contribution in [2.45, 2.75) is 13.0 Å². The summed E-state index contributed by atoms with van der Waals surface area (Å²) in [6.07, 6.45) is 1.67. The van der Waals surface area contributed by atoms with E-state index >= 15 is 0 Å². The quantitative estimate of drug-likeness (QED) is 0.859. The largest absolute Gasteiger partial charge is 0.493 e. The number of carbonyl (C=O) groups is 2. The maximum Gasteiger partial charge on any atom is 0.325 e. The van der Waals surface area contributed by atoms with Crippen LogP contribution in [-0.2, 0) is 9.59 Å². The number of carboxylic acid groups (broad SMARTS) is 1. The van der Waals surface area contributed by atoms with Crippen molar-refractivity contribution in [1.29, 1.82) is 0 Å². The summed E-state index contributed by atoms with van der Waals surface area (Å²) >= 11 is 0. The van der Waals surface area contributed by atoms with Crippen molar-refractivity contribution < 1.29 is 24.2 Å². The highest BCUT2D eigenvalue weighted by atomic mass is 16.5. The van der Waals surface area contributed by atoms with Gasteiger partial charge in [-0.05, 0) is 19.1 Å². The second kappa shape index (κ2) is 5.64. The molecule has 2 rings (SSSR count). The second-order valence-corrected chi connectivity index (χ2v) is 4.37. The standard InChI is InChI=1S/C14H15NO5/c1-8(14(17)18)15-13(16)10-6-9-4-3-5-11(19-2)12(9)20-7-10/h3-6,8H,7H2,1-2H3,(H,15,16)(H,17,18)/t8-/m1/s1. The number of rotatable bonds is 4. The minimum atomic E-state index is -1.09. The molecule has 20 heavy (non-hydrogen) atoms. The van der Waals surface area contributed by atoms with Crippen molar-refractivity contribution in [1.82, 2.24) is 5.32 Å². The molecule has 0 unspecified atom stereocenters.